The molecule has 0 fully saturated rings. The van der Waals surface area contributed by atoms with Crippen molar-refractivity contribution in [3.8, 4) is 0 Å². The summed E-state index contributed by atoms with van der Waals surface area (Å²) in [6.45, 7) is 1.07. The molecule has 0 saturated carbocycles. The number of hydrogen-bond donors (Lipinski definition) is 3. The van der Waals surface area contributed by atoms with Gasteiger partial charge in [0.2, 0.25) is 11.8 Å². The molecule has 0 aromatic carbocycles. The van der Waals surface area contributed by atoms with Gasteiger partial charge < -0.3 is 21.1 Å². The van der Waals surface area contributed by atoms with E-state index >= 15 is 0 Å². The second kappa shape index (κ2) is 8.46. The lowest BCUT2D eigenvalue weighted by molar-refractivity contribution is -0.125. The largest absolute Gasteiger partial charge is 0.370 e. The Morgan fingerprint density at radius 1 is 1.36 bits per heavy atom. The van der Waals surface area contributed by atoms with Crippen LogP contribution in [0.15, 0.2) is 0 Å². The van der Waals surface area contributed by atoms with Crippen molar-refractivity contribution in [1.82, 2.24) is 10.6 Å². The highest BCUT2D eigenvalue weighted by Gasteiger charge is 2.01. The first-order valence-electron chi connectivity index (χ1n) is 4.45. The van der Waals surface area contributed by atoms with Crippen LogP contribution in [0.1, 0.15) is 6.42 Å². The first-order chi connectivity index (χ1) is 6.70. The molecule has 0 aliphatic heterocycles. The number of carbonyl (C=O) groups is 2. The molecule has 6 heteroatoms. The van der Waals surface area contributed by atoms with Crippen molar-refractivity contribution in [3.63, 3.8) is 0 Å². The highest BCUT2D eigenvalue weighted by atomic mass is 16.5. The lowest BCUT2D eigenvalue weighted by atomic mass is 10.4. The summed E-state index contributed by atoms with van der Waals surface area (Å²) in [5.74, 6) is -0.337. The fraction of sp³-hybridized carbons (Fsp3) is 0.750. The monoisotopic (exact) mass is 203 g/mol. The maximum atomic E-state index is 11.0. The molecule has 0 aliphatic carbocycles. The number of hydrogen-bond acceptors (Lipinski definition) is 4. The first kappa shape index (κ1) is 12.9. The number of carbonyl (C=O) groups excluding carboxylic acids is 2. The summed E-state index contributed by atoms with van der Waals surface area (Å²) in [5.41, 5.74) is 5.16. The minimum absolute atomic E-state index is 0.00898. The van der Waals surface area contributed by atoms with Gasteiger partial charge in [0.1, 0.15) is 6.61 Å². The van der Waals surface area contributed by atoms with Gasteiger partial charge in [0.15, 0.2) is 0 Å². The molecule has 4 N–H and O–H groups in total. The molecule has 82 valence electrons. The molecule has 0 aromatic rings. The topological polar surface area (TPSA) is 93.5 Å². The van der Waals surface area contributed by atoms with Crippen molar-refractivity contribution < 1.29 is 14.3 Å². The van der Waals surface area contributed by atoms with Gasteiger partial charge in [-0.2, -0.15) is 0 Å². The maximum absolute atomic E-state index is 11.0. The van der Waals surface area contributed by atoms with E-state index in [0.29, 0.717) is 19.7 Å². The lowest BCUT2D eigenvalue weighted by Gasteiger charge is -2.04. The van der Waals surface area contributed by atoms with Gasteiger partial charge in [-0.3, -0.25) is 9.59 Å². The number of nitrogens with one attached hydrogen (secondary N) is 2. The summed E-state index contributed by atoms with van der Waals surface area (Å²) >= 11 is 0. The fourth-order valence-electron chi connectivity index (χ4n) is 0.740. The molecule has 0 bridgehead atoms. The van der Waals surface area contributed by atoms with E-state index in [1.165, 1.54) is 0 Å². The Morgan fingerprint density at radius 2 is 2.07 bits per heavy atom. The van der Waals surface area contributed by atoms with E-state index in [0.717, 1.165) is 0 Å². The third-order valence-corrected chi connectivity index (χ3v) is 1.45. The normalized spacial score (nSPS) is 9.57. The zero-order valence-corrected chi connectivity index (χ0v) is 8.34. The van der Waals surface area contributed by atoms with Crippen LogP contribution in [-0.4, -0.2) is 45.2 Å². The number of nitrogens with two attached hydrogens (primary N) is 1. The standard InChI is InChI=1S/C8H17N3O3/c1-10-7(12)2-4-11-8(13)6-14-5-3-9/h2-6,9H2,1H3,(H,10,12)(H,11,13). The van der Waals surface area contributed by atoms with Crippen LogP contribution in [0.2, 0.25) is 0 Å². The van der Waals surface area contributed by atoms with E-state index in [9.17, 15) is 9.59 Å². The molecule has 0 unspecified atom stereocenters. The van der Waals surface area contributed by atoms with Gasteiger partial charge in [-0.05, 0) is 0 Å². The molecule has 0 spiro atoms. The molecule has 0 aromatic heterocycles. The van der Waals surface area contributed by atoms with Crippen molar-refractivity contribution in [3.05, 3.63) is 0 Å². The van der Waals surface area contributed by atoms with Gasteiger partial charge in [0.05, 0.1) is 6.61 Å². The molecule has 0 radical (unpaired) electrons. The SMILES string of the molecule is CNC(=O)CCNC(=O)COCCN. The van der Waals surface area contributed by atoms with Gasteiger partial charge >= 0.3 is 0 Å². The lowest BCUT2D eigenvalue weighted by Crippen LogP contribution is -2.32. The third kappa shape index (κ3) is 7.51. The Kier molecular flexibility index (Phi) is 7.77. The van der Waals surface area contributed by atoms with Crippen LogP contribution in [0.5, 0.6) is 0 Å². The van der Waals surface area contributed by atoms with Crippen molar-refractivity contribution >= 4 is 11.8 Å². The predicted octanol–water partition coefficient (Wildman–Crippen LogP) is -1.79. The summed E-state index contributed by atoms with van der Waals surface area (Å²) in [6, 6.07) is 0. The van der Waals surface area contributed by atoms with Crippen LogP contribution >= 0.6 is 0 Å². The zero-order chi connectivity index (χ0) is 10.8. The van der Waals surface area contributed by atoms with Gasteiger partial charge in [-0.15, -0.1) is 0 Å². The van der Waals surface area contributed by atoms with E-state index in [-0.39, 0.29) is 24.8 Å². The quantitative estimate of drug-likeness (QED) is 0.426. The third-order valence-electron chi connectivity index (χ3n) is 1.45. The van der Waals surface area contributed by atoms with E-state index in [4.69, 9.17) is 10.5 Å². The smallest absolute Gasteiger partial charge is 0.246 e. The molecule has 14 heavy (non-hydrogen) atoms. The van der Waals surface area contributed by atoms with Gasteiger partial charge in [-0.1, -0.05) is 0 Å². The number of rotatable bonds is 7. The Balaban J connectivity index is 3.31. The second-order valence-corrected chi connectivity index (χ2v) is 2.61. The zero-order valence-electron chi connectivity index (χ0n) is 8.34. The van der Waals surface area contributed by atoms with Gasteiger partial charge in [0.25, 0.3) is 0 Å². The molecule has 2 amide bonds. The van der Waals surface area contributed by atoms with E-state index in [1.54, 1.807) is 7.05 Å². The molecular weight excluding hydrogens is 186 g/mol. The molecule has 0 aliphatic rings. The van der Waals surface area contributed by atoms with Crippen molar-refractivity contribution in [2.45, 2.75) is 6.42 Å². The Bertz CT molecular complexity index is 185. The summed E-state index contributed by atoms with van der Waals surface area (Å²) in [4.78, 5) is 21.7. The first-order valence-corrected chi connectivity index (χ1v) is 4.45. The average Bonchev–Trinajstić information content (AvgIpc) is 2.18. The van der Waals surface area contributed by atoms with Crippen LogP contribution in [-0.2, 0) is 14.3 Å². The van der Waals surface area contributed by atoms with Crippen LogP contribution < -0.4 is 16.4 Å². The molecule has 0 heterocycles. The van der Waals surface area contributed by atoms with E-state index in [1.807, 2.05) is 0 Å². The van der Waals surface area contributed by atoms with Crippen molar-refractivity contribution in [1.29, 1.82) is 0 Å². The Hall–Kier alpha value is -1.14. The molecule has 6 nitrogen and oxygen atoms in total. The van der Waals surface area contributed by atoms with Crippen LogP contribution in [0, 0.1) is 0 Å². The Labute approximate surface area is 83.2 Å². The summed E-state index contributed by atoms with van der Waals surface area (Å²) in [5, 5.41) is 4.99. The predicted molar refractivity (Wildman–Crippen MR) is 51.6 cm³/mol. The highest BCUT2D eigenvalue weighted by molar-refractivity contribution is 5.79. The average molecular weight is 203 g/mol. The Morgan fingerprint density at radius 3 is 2.64 bits per heavy atom. The van der Waals surface area contributed by atoms with Crippen molar-refractivity contribution in [2.75, 3.05) is 33.4 Å². The molecule has 0 saturated heterocycles. The summed E-state index contributed by atoms with van der Waals surface area (Å²) in [6.07, 6.45) is 0.277. The van der Waals surface area contributed by atoms with Gasteiger partial charge in [-0.25, -0.2) is 0 Å². The van der Waals surface area contributed by atoms with Crippen LogP contribution in [0.3, 0.4) is 0 Å². The van der Waals surface area contributed by atoms with Crippen LogP contribution in [0.25, 0.3) is 0 Å². The number of ether oxygens (including phenoxy) is 1. The van der Waals surface area contributed by atoms with Gasteiger partial charge in [0, 0.05) is 26.6 Å². The molecule has 0 atom stereocenters. The van der Waals surface area contributed by atoms with E-state index < -0.39 is 0 Å². The fourth-order valence-corrected chi connectivity index (χ4v) is 0.740. The van der Waals surface area contributed by atoms with Crippen molar-refractivity contribution in [2.24, 2.45) is 5.73 Å². The second-order valence-electron chi connectivity index (χ2n) is 2.61. The summed E-state index contributed by atoms with van der Waals surface area (Å²) in [7, 11) is 1.55. The van der Waals surface area contributed by atoms with E-state index in [2.05, 4.69) is 10.6 Å². The maximum Gasteiger partial charge on any atom is 0.246 e. The summed E-state index contributed by atoms with van der Waals surface area (Å²) < 4.78 is 4.89. The van der Waals surface area contributed by atoms with Crippen LogP contribution in [0.4, 0.5) is 0 Å². The molecular formula is C8H17N3O3. The highest BCUT2D eigenvalue weighted by Crippen LogP contribution is 1.78. The number of amides is 2. The minimum Gasteiger partial charge on any atom is -0.370 e. The molecule has 0 rings (SSSR count). The minimum atomic E-state index is -0.234.